The van der Waals surface area contributed by atoms with Crippen molar-refractivity contribution < 1.29 is 5.11 Å². The highest BCUT2D eigenvalue weighted by Gasteiger charge is 2.30. The van der Waals surface area contributed by atoms with Crippen molar-refractivity contribution in [1.29, 1.82) is 0 Å². The first kappa shape index (κ1) is 19.2. The van der Waals surface area contributed by atoms with E-state index in [1.165, 1.54) is 4.68 Å². The minimum atomic E-state index is -0.915. The Kier molecular flexibility index (Phi) is 5.40. The van der Waals surface area contributed by atoms with Crippen LogP contribution >= 0.6 is 0 Å². The van der Waals surface area contributed by atoms with Crippen molar-refractivity contribution in [2.75, 3.05) is 0 Å². The van der Waals surface area contributed by atoms with Crippen molar-refractivity contribution in [2.24, 2.45) is 5.92 Å². The average Bonchev–Trinajstić information content (AvgIpc) is 2.88. The first-order chi connectivity index (χ1) is 11.6. The maximum Gasteiger partial charge on any atom is 0.275 e. The van der Waals surface area contributed by atoms with Crippen molar-refractivity contribution in [3.8, 4) is 16.9 Å². The van der Waals surface area contributed by atoms with Crippen LogP contribution in [0.1, 0.15) is 66.0 Å². The minimum Gasteiger partial charge on any atom is -0.503 e. The number of rotatable bonds is 7. The van der Waals surface area contributed by atoms with Crippen LogP contribution in [0.25, 0.3) is 11.1 Å². The Balaban J connectivity index is 2.50. The second-order valence-corrected chi connectivity index (χ2v) is 7.76. The Morgan fingerprint density at radius 2 is 1.68 bits per heavy atom. The van der Waals surface area contributed by atoms with E-state index in [2.05, 4.69) is 18.9 Å². The van der Waals surface area contributed by atoms with Gasteiger partial charge in [0, 0.05) is 5.69 Å². The number of nitrogens with zero attached hydrogens (tertiary/aromatic N) is 1. The SMILES string of the molecule is CCCC(CC)CCc1[nH]n(C(C)(C)C)c(=O)c1-c1c(O)c(=O)c1=O. The van der Waals surface area contributed by atoms with Crippen molar-refractivity contribution >= 4 is 0 Å². The highest BCUT2D eigenvalue weighted by Crippen LogP contribution is 2.28. The molecule has 138 valence electrons. The summed E-state index contributed by atoms with van der Waals surface area (Å²) in [4.78, 5) is 36.1. The van der Waals surface area contributed by atoms with Crippen LogP contribution in [-0.2, 0) is 12.0 Å². The fourth-order valence-corrected chi connectivity index (χ4v) is 3.31. The molecule has 1 heterocycles. The maximum absolute atomic E-state index is 12.8. The minimum absolute atomic E-state index is 0.132. The molecule has 0 aliphatic rings. The van der Waals surface area contributed by atoms with Crippen molar-refractivity contribution in [2.45, 2.75) is 72.3 Å². The molecule has 0 radical (unpaired) electrons. The molecule has 0 saturated heterocycles. The third kappa shape index (κ3) is 3.48. The number of aromatic amines is 1. The number of aromatic nitrogens is 2. The molecular formula is C19H28N2O4. The number of aryl methyl sites for hydroxylation is 1. The van der Waals surface area contributed by atoms with E-state index in [1.54, 1.807) is 0 Å². The van der Waals surface area contributed by atoms with Crippen molar-refractivity contribution in [3.05, 3.63) is 36.5 Å². The standard InChI is InChI=1S/C19H28N2O4/c1-6-8-11(7-2)9-10-12-13(14-15(22)17(24)16(14)23)18(25)21(20-12)19(3,4)5/h11,20,22H,6-10H2,1-5H3. The number of hydrogen-bond acceptors (Lipinski definition) is 4. The second-order valence-electron chi connectivity index (χ2n) is 7.76. The quantitative estimate of drug-likeness (QED) is 0.753. The molecule has 1 atom stereocenters. The van der Waals surface area contributed by atoms with Crippen molar-refractivity contribution in [3.63, 3.8) is 0 Å². The zero-order chi connectivity index (χ0) is 18.9. The molecule has 2 N–H and O–H groups in total. The van der Waals surface area contributed by atoms with E-state index < -0.39 is 22.1 Å². The molecule has 2 rings (SSSR count). The topological polar surface area (TPSA) is 92.2 Å². The largest absolute Gasteiger partial charge is 0.503 e. The average molecular weight is 348 g/mol. The van der Waals surface area contributed by atoms with E-state index in [1.807, 2.05) is 20.8 Å². The van der Waals surface area contributed by atoms with Gasteiger partial charge in [-0.3, -0.25) is 19.5 Å². The Hall–Kier alpha value is -2.11. The van der Waals surface area contributed by atoms with Crippen LogP contribution in [0.4, 0.5) is 0 Å². The monoisotopic (exact) mass is 348 g/mol. The molecule has 6 nitrogen and oxygen atoms in total. The molecule has 1 aromatic carbocycles. The normalized spacial score (nSPS) is 13.5. The third-order valence-corrected chi connectivity index (χ3v) is 4.85. The predicted molar refractivity (Wildman–Crippen MR) is 99.1 cm³/mol. The van der Waals surface area contributed by atoms with E-state index in [4.69, 9.17) is 0 Å². The van der Waals surface area contributed by atoms with Gasteiger partial charge in [-0.2, -0.15) is 0 Å². The van der Waals surface area contributed by atoms with E-state index in [9.17, 15) is 19.5 Å². The lowest BCUT2D eigenvalue weighted by Gasteiger charge is -2.19. The van der Waals surface area contributed by atoms with E-state index in [-0.39, 0.29) is 16.7 Å². The summed E-state index contributed by atoms with van der Waals surface area (Å²) in [6, 6.07) is 0. The Labute approximate surface area is 147 Å². The van der Waals surface area contributed by atoms with Crippen LogP contribution < -0.4 is 16.4 Å². The number of aromatic hydroxyl groups is 1. The number of nitrogens with one attached hydrogen (secondary N) is 1. The van der Waals surface area contributed by atoms with Gasteiger partial charge in [-0.1, -0.05) is 33.1 Å². The van der Waals surface area contributed by atoms with Crippen LogP contribution in [0, 0.1) is 5.92 Å². The molecule has 0 fully saturated rings. The first-order valence-corrected chi connectivity index (χ1v) is 9.00. The smallest absolute Gasteiger partial charge is 0.275 e. The molecule has 0 spiro atoms. The van der Waals surface area contributed by atoms with Gasteiger partial charge in [-0.15, -0.1) is 0 Å². The van der Waals surface area contributed by atoms with Gasteiger partial charge in [0.05, 0.1) is 16.7 Å². The molecule has 1 aromatic heterocycles. The third-order valence-electron chi connectivity index (χ3n) is 4.85. The predicted octanol–water partition coefficient (Wildman–Crippen LogP) is 2.66. The van der Waals surface area contributed by atoms with E-state index in [0.29, 0.717) is 18.0 Å². The highest BCUT2D eigenvalue weighted by molar-refractivity contribution is 5.74. The van der Waals surface area contributed by atoms with Gasteiger partial charge >= 0.3 is 0 Å². The van der Waals surface area contributed by atoms with Crippen LogP contribution in [0.2, 0.25) is 0 Å². The zero-order valence-corrected chi connectivity index (χ0v) is 15.7. The lowest BCUT2D eigenvalue weighted by atomic mass is 9.92. The molecular weight excluding hydrogens is 320 g/mol. The Morgan fingerprint density at radius 1 is 1.04 bits per heavy atom. The van der Waals surface area contributed by atoms with Crippen LogP contribution in [0.3, 0.4) is 0 Å². The highest BCUT2D eigenvalue weighted by atomic mass is 16.3. The summed E-state index contributed by atoms with van der Waals surface area (Å²) in [6.07, 6.45) is 4.76. The Morgan fingerprint density at radius 3 is 2.16 bits per heavy atom. The summed E-state index contributed by atoms with van der Waals surface area (Å²) in [5.74, 6) is -0.0513. The van der Waals surface area contributed by atoms with Crippen LogP contribution in [0.5, 0.6) is 5.75 Å². The van der Waals surface area contributed by atoms with Gasteiger partial charge in [0.1, 0.15) is 0 Å². The number of hydrogen-bond donors (Lipinski definition) is 2. The maximum atomic E-state index is 12.8. The summed E-state index contributed by atoms with van der Waals surface area (Å²) >= 11 is 0. The second kappa shape index (κ2) is 7.02. The van der Waals surface area contributed by atoms with E-state index >= 15 is 0 Å². The molecule has 0 saturated carbocycles. The van der Waals surface area contributed by atoms with Gasteiger partial charge in [0.25, 0.3) is 11.0 Å². The summed E-state index contributed by atoms with van der Waals surface area (Å²) in [6.45, 7) is 9.94. The van der Waals surface area contributed by atoms with Crippen LogP contribution in [-0.4, -0.2) is 14.9 Å². The van der Waals surface area contributed by atoms with Crippen molar-refractivity contribution in [1.82, 2.24) is 9.78 Å². The fraction of sp³-hybridized carbons (Fsp3) is 0.632. The van der Waals surface area contributed by atoms with Gasteiger partial charge in [-0.25, -0.2) is 4.68 Å². The first-order valence-electron chi connectivity index (χ1n) is 9.00. The van der Waals surface area contributed by atoms with Crippen LogP contribution in [0.15, 0.2) is 14.4 Å². The van der Waals surface area contributed by atoms with E-state index in [0.717, 1.165) is 25.7 Å². The lowest BCUT2D eigenvalue weighted by Crippen LogP contribution is -2.36. The van der Waals surface area contributed by atoms with Gasteiger partial charge in [0.15, 0.2) is 5.75 Å². The summed E-state index contributed by atoms with van der Waals surface area (Å²) in [7, 11) is 0. The van der Waals surface area contributed by atoms with Gasteiger partial charge in [0.2, 0.25) is 5.43 Å². The summed E-state index contributed by atoms with van der Waals surface area (Å²) in [5.41, 5.74) is -1.91. The molecule has 25 heavy (non-hydrogen) atoms. The summed E-state index contributed by atoms with van der Waals surface area (Å²) in [5, 5.41) is 12.9. The zero-order valence-electron chi connectivity index (χ0n) is 15.7. The molecule has 0 aliphatic heterocycles. The lowest BCUT2D eigenvalue weighted by molar-refractivity contribution is 0.342. The number of H-pyrrole nitrogens is 1. The molecule has 0 aliphatic carbocycles. The Bertz CT molecular complexity index is 873. The van der Waals surface area contributed by atoms with Gasteiger partial charge < -0.3 is 5.11 Å². The molecule has 0 amide bonds. The summed E-state index contributed by atoms with van der Waals surface area (Å²) < 4.78 is 1.47. The molecule has 6 heteroatoms. The van der Waals surface area contributed by atoms with Gasteiger partial charge in [-0.05, 0) is 39.5 Å². The fourth-order valence-electron chi connectivity index (χ4n) is 3.31. The molecule has 0 bridgehead atoms. The molecule has 1 unspecified atom stereocenters. The molecule has 2 aromatic rings.